The molecule has 1 N–H and O–H groups in total. The average molecular weight is 302 g/mol. The summed E-state index contributed by atoms with van der Waals surface area (Å²) in [7, 11) is 1.54. The number of carbonyl (C=O) groups is 1. The number of fused-ring (bicyclic) bond motifs is 1. The number of aromatic carboxylic acids is 1. The smallest absolute Gasteiger partial charge is 0.341 e. The van der Waals surface area contributed by atoms with Crippen molar-refractivity contribution in [2.75, 3.05) is 20.2 Å². The second-order valence-electron chi connectivity index (χ2n) is 5.81. The van der Waals surface area contributed by atoms with Gasteiger partial charge in [0.15, 0.2) is 0 Å². The molecule has 1 aliphatic heterocycles. The van der Waals surface area contributed by atoms with Gasteiger partial charge in [-0.25, -0.2) is 4.79 Å². The highest BCUT2D eigenvalue weighted by Crippen LogP contribution is 2.36. The van der Waals surface area contributed by atoms with E-state index in [1.165, 1.54) is 19.3 Å². The molecule has 5 heteroatoms. The van der Waals surface area contributed by atoms with E-state index in [2.05, 4.69) is 11.8 Å². The van der Waals surface area contributed by atoms with Crippen LogP contribution in [0, 0.1) is 0 Å². The van der Waals surface area contributed by atoms with E-state index >= 15 is 0 Å². The number of hydrogen-bond donors (Lipinski definition) is 1. The van der Waals surface area contributed by atoms with Crippen molar-refractivity contribution in [3.8, 4) is 5.88 Å². The summed E-state index contributed by atoms with van der Waals surface area (Å²) in [5, 5.41) is 10.3. The van der Waals surface area contributed by atoms with Crippen LogP contribution in [0.3, 0.4) is 0 Å². The highest BCUT2D eigenvalue weighted by atomic mass is 16.5. The number of ether oxygens (including phenoxy) is 1. The summed E-state index contributed by atoms with van der Waals surface area (Å²) in [6, 6.07) is 7.61. The fraction of sp³-hybridized carbons (Fsp3) is 0.471. The lowest BCUT2D eigenvalue weighted by molar-refractivity contribution is 0.0692. The van der Waals surface area contributed by atoms with E-state index in [0.29, 0.717) is 5.88 Å². The van der Waals surface area contributed by atoms with Gasteiger partial charge in [-0.05, 0) is 25.8 Å². The Morgan fingerprint density at radius 1 is 1.23 bits per heavy atom. The van der Waals surface area contributed by atoms with E-state index in [-0.39, 0.29) is 11.7 Å². The number of piperidine rings is 1. The van der Waals surface area contributed by atoms with Crippen LogP contribution in [0.4, 0.5) is 0 Å². The number of methoxy groups -OCH3 is 1. The maximum atomic E-state index is 11.7. The Bertz CT molecular complexity index is 687. The molecule has 1 atom stereocenters. The van der Waals surface area contributed by atoms with E-state index in [1.807, 2.05) is 28.8 Å². The van der Waals surface area contributed by atoms with Crippen LogP contribution in [0.2, 0.25) is 0 Å². The molecule has 2 aromatic rings. The van der Waals surface area contributed by atoms with E-state index in [0.717, 1.165) is 24.0 Å². The summed E-state index contributed by atoms with van der Waals surface area (Å²) in [5.74, 6) is -0.510. The third-order valence-electron chi connectivity index (χ3n) is 4.57. The largest absolute Gasteiger partial charge is 0.481 e. The van der Waals surface area contributed by atoms with E-state index in [9.17, 15) is 9.90 Å². The topological polar surface area (TPSA) is 54.7 Å². The van der Waals surface area contributed by atoms with Crippen LogP contribution >= 0.6 is 0 Å². The minimum absolute atomic E-state index is 0.0771. The molecular formula is C17H22N2O3. The molecule has 0 aliphatic carbocycles. The molecule has 0 radical (unpaired) electrons. The normalized spacial score (nSPS) is 17.5. The van der Waals surface area contributed by atoms with Crippen molar-refractivity contribution in [3.63, 3.8) is 0 Å². The van der Waals surface area contributed by atoms with Gasteiger partial charge in [-0.3, -0.25) is 9.47 Å². The van der Waals surface area contributed by atoms with Gasteiger partial charge in [-0.1, -0.05) is 24.6 Å². The molecule has 1 unspecified atom stereocenters. The van der Waals surface area contributed by atoms with Gasteiger partial charge >= 0.3 is 5.97 Å². The monoisotopic (exact) mass is 302 g/mol. The minimum Gasteiger partial charge on any atom is -0.481 e. The first-order valence-electron chi connectivity index (χ1n) is 7.79. The first kappa shape index (κ1) is 14.9. The van der Waals surface area contributed by atoms with Crippen molar-refractivity contribution in [1.29, 1.82) is 0 Å². The van der Waals surface area contributed by atoms with E-state index in [1.54, 1.807) is 7.11 Å². The number of nitrogens with zero attached hydrogens (tertiary/aromatic N) is 2. The number of rotatable bonds is 4. The molecule has 2 heterocycles. The van der Waals surface area contributed by atoms with Gasteiger partial charge in [0.25, 0.3) is 0 Å². The molecule has 1 aromatic carbocycles. The molecular weight excluding hydrogens is 280 g/mol. The summed E-state index contributed by atoms with van der Waals surface area (Å²) in [4.78, 5) is 14.1. The third-order valence-corrected chi connectivity index (χ3v) is 4.57. The number of hydrogen-bond acceptors (Lipinski definition) is 3. The highest BCUT2D eigenvalue weighted by Gasteiger charge is 2.28. The van der Waals surface area contributed by atoms with Crippen molar-refractivity contribution in [3.05, 3.63) is 29.8 Å². The number of para-hydroxylation sites is 1. The minimum atomic E-state index is -0.947. The van der Waals surface area contributed by atoms with Crippen LogP contribution < -0.4 is 4.74 Å². The lowest BCUT2D eigenvalue weighted by Crippen LogP contribution is -2.35. The average Bonchev–Trinajstić information content (AvgIpc) is 2.89. The van der Waals surface area contributed by atoms with Gasteiger partial charge in [-0.15, -0.1) is 0 Å². The lowest BCUT2D eigenvalue weighted by atomic mass is 10.1. The van der Waals surface area contributed by atoms with Gasteiger partial charge in [0.2, 0.25) is 5.88 Å². The molecule has 1 fully saturated rings. The van der Waals surface area contributed by atoms with Crippen LogP contribution in [-0.4, -0.2) is 40.7 Å². The molecule has 1 aliphatic rings. The number of aromatic nitrogens is 1. The highest BCUT2D eigenvalue weighted by molar-refractivity contribution is 6.06. The Kier molecular flexibility index (Phi) is 4.07. The quantitative estimate of drug-likeness (QED) is 0.941. The molecule has 3 rings (SSSR count). The predicted octanol–water partition coefficient (Wildman–Crippen LogP) is 3.35. The molecule has 118 valence electrons. The van der Waals surface area contributed by atoms with E-state index < -0.39 is 5.97 Å². The van der Waals surface area contributed by atoms with E-state index in [4.69, 9.17) is 4.74 Å². The van der Waals surface area contributed by atoms with Crippen LogP contribution in [-0.2, 0) is 0 Å². The fourth-order valence-corrected chi connectivity index (χ4v) is 3.47. The zero-order valence-corrected chi connectivity index (χ0v) is 13.1. The molecule has 1 aromatic heterocycles. The Morgan fingerprint density at radius 2 is 1.91 bits per heavy atom. The molecule has 0 spiro atoms. The summed E-state index contributed by atoms with van der Waals surface area (Å²) < 4.78 is 7.51. The summed E-state index contributed by atoms with van der Waals surface area (Å²) >= 11 is 0. The Labute approximate surface area is 130 Å². The fourth-order valence-electron chi connectivity index (χ4n) is 3.47. The molecule has 0 amide bonds. The number of carboxylic acid groups (broad SMARTS) is 1. The van der Waals surface area contributed by atoms with Crippen molar-refractivity contribution in [2.24, 2.45) is 0 Å². The first-order chi connectivity index (χ1) is 10.6. The third kappa shape index (κ3) is 2.35. The van der Waals surface area contributed by atoms with Crippen molar-refractivity contribution in [1.82, 2.24) is 9.47 Å². The lowest BCUT2D eigenvalue weighted by Gasteiger charge is -2.34. The summed E-state index contributed by atoms with van der Waals surface area (Å²) in [5.41, 5.74) is 1.16. The van der Waals surface area contributed by atoms with Gasteiger partial charge in [0.1, 0.15) is 5.56 Å². The van der Waals surface area contributed by atoms with Crippen LogP contribution in [0.5, 0.6) is 5.88 Å². The van der Waals surface area contributed by atoms with Gasteiger partial charge in [0, 0.05) is 18.5 Å². The SMILES string of the molecule is COc1c(C(=O)O)c2ccccc2n1C(C)N1CCCCC1. The van der Waals surface area contributed by atoms with Crippen molar-refractivity contribution < 1.29 is 14.6 Å². The van der Waals surface area contributed by atoms with Crippen molar-refractivity contribution >= 4 is 16.9 Å². The zero-order valence-electron chi connectivity index (χ0n) is 13.1. The maximum absolute atomic E-state index is 11.7. The molecule has 22 heavy (non-hydrogen) atoms. The first-order valence-corrected chi connectivity index (χ1v) is 7.79. The molecule has 5 nitrogen and oxygen atoms in total. The maximum Gasteiger partial charge on any atom is 0.341 e. The Balaban J connectivity index is 2.17. The Hall–Kier alpha value is -2.01. The van der Waals surface area contributed by atoms with Crippen molar-refractivity contribution in [2.45, 2.75) is 32.4 Å². The standard InChI is InChI=1S/C17H22N2O3/c1-12(18-10-6-3-7-11-18)19-14-9-5-4-8-13(14)15(17(20)21)16(19)22-2/h4-5,8-9,12H,3,6-7,10-11H2,1-2H3,(H,20,21). The van der Waals surface area contributed by atoms with Crippen LogP contribution in [0.25, 0.3) is 10.9 Å². The molecule has 0 bridgehead atoms. The second-order valence-corrected chi connectivity index (χ2v) is 5.81. The summed E-state index contributed by atoms with van der Waals surface area (Å²) in [6.45, 7) is 4.20. The predicted molar refractivity (Wildman–Crippen MR) is 85.6 cm³/mol. The van der Waals surface area contributed by atoms with Crippen LogP contribution in [0.15, 0.2) is 24.3 Å². The molecule has 0 saturated carbocycles. The second kappa shape index (κ2) is 6.01. The number of likely N-dealkylation sites (tertiary alicyclic amines) is 1. The van der Waals surface area contributed by atoms with Gasteiger partial charge < -0.3 is 9.84 Å². The number of benzene rings is 1. The van der Waals surface area contributed by atoms with Crippen LogP contribution in [0.1, 0.15) is 42.7 Å². The van der Waals surface area contributed by atoms with Gasteiger partial charge in [-0.2, -0.15) is 0 Å². The summed E-state index contributed by atoms with van der Waals surface area (Å²) in [6.07, 6.45) is 3.73. The number of carboxylic acids is 1. The molecule has 1 saturated heterocycles. The van der Waals surface area contributed by atoms with Gasteiger partial charge in [0.05, 0.1) is 18.8 Å². The Morgan fingerprint density at radius 3 is 2.55 bits per heavy atom. The zero-order chi connectivity index (χ0) is 15.7.